The highest BCUT2D eigenvalue weighted by atomic mass is 16.5. The van der Waals surface area contributed by atoms with Crippen molar-refractivity contribution in [1.29, 1.82) is 0 Å². The summed E-state index contributed by atoms with van der Waals surface area (Å²) in [4.78, 5) is 0. The Balaban J connectivity index is 2.73. The first-order chi connectivity index (χ1) is 7.00. The van der Waals surface area contributed by atoms with Crippen LogP contribution in [0.15, 0.2) is 18.2 Å². The highest BCUT2D eigenvalue weighted by molar-refractivity contribution is 5.36. The molecule has 1 unspecified atom stereocenters. The van der Waals surface area contributed by atoms with Crippen LogP contribution in [0.3, 0.4) is 0 Å². The van der Waals surface area contributed by atoms with Crippen LogP contribution in [0, 0.1) is 6.92 Å². The van der Waals surface area contributed by atoms with Crippen molar-refractivity contribution in [1.82, 2.24) is 0 Å². The number of hydrogen-bond acceptors (Lipinski definition) is 2. The number of aryl methyl sites for hydroxylation is 1. The zero-order valence-corrected chi connectivity index (χ0v) is 9.95. The minimum Gasteiger partial charge on any atom is -0.491 e. The molecule has 0 saturated carbocycles. The fraction of sp³-hybridized carbons (Fsp3) is 0.538. The zero-order valence-electron chi connectivity index (χ0n) is 9.95. The zero-order chi connectivity index (χ0) is 11.4. The maximum atomic E-state index is 9.10. The summed E-state index contributed by atoms with van der Waals surface area (Å²) in [5.74, 6) is 1.37. The van der Waals surface area contributed by atoms with Gasteiger partial charge in [0, 0.05) is 0 Å². The SMILES string of the molecule is Cc1cc(OCC(C)O)ccc1C(C)C. The molecular formula is C13H20O2. The van der Waals surface area contributed by atoms with Gasteiger partial charge in [0.25, 0.3) is 0 Å². The lowest BCUT2D eigenvalue weighted by Gasteiger charge is -2.13. The van der Waals surface area contributed by atoms with Crippen molar-refractivity contribution in [2.45, 2.75) is 39.7 Å². The average Bonchev–Trinajstić information content (AvgIpc) is 2.14. The van der Waals surface area contributed by atoms with Gasteiger partial charge in [0.1, 0.15) is 12.4 Å². The first kappa shape index (κ1) is 12.1. The second-order valence-electron chi connectivity index (χ2n) is 4.33. The minimum absolute atomic E-state index is 0.348. The standard InChI is InChI=1S/C13H20O2/c1-9(2)13-6-5-12(7-10(13)3)15-8-11(4)14/h5-7,9,11,14H,8H2,1-4H3. The predicted octanol–water partition coefficient (Wildman–Crippen LogP) is 2.88. The third kappa shape index (κ3) is 3.56. The summed E-state index contributed by atoms with van der Waals surface area (Å²) in [5.41, 5.74) is 2.59. The second-order valence-corrected chi connectivity index (χ2v) is 4.33. The van der Waals surface area contributed by atoms with Gasteiger partial charge in [0.15, 0.2) is 0 Å². The van der Waals surface area contributed by atoms with E-state index in [1.807, 2.05) is 12.1 Å². The van der Waals surface area contributed by atoms with Crippen LogP contribution in [0.5, 0.6) is 5.75 Å². The Morgan fingerprint density at radius 2 is 1.93 bits per heavy atom. The van der Waals surface area contributed by atoms with E-state index in [1.165, 1.54) is 11.1 Å². The summed E-state index contributed by atoms with van der Waals surface area (Å²) in [6, 6.07) is 6.08. The molecule has 1 N–H and O–H groups in total. The first-order valence-corrected chi connectivity index (χ1v) is 5.42. The van der Waals surface area contributed by atoms with Gasteiger partial charge in [-0.05, 0) is 43.0 Å². The summed E-state index contributed by atoms with van der Waals surface area (Å²) < 4.78 is 5.43. The molecule has 1 aromatic carbocycles. The number of ether oxygens (including phenoxy) is 1. The molecule has 84 valence electrons. The Morgan fingerprint density at radius 1 is 1.27 bits per heavy atom. The highest BCUT2D eigenvalue weighted by Crippen LogP contribution is 2.23. The smallest absolute Gasteiger partial charge is 0.119 e. The van der Waals surface area contributed by atoms with E-state index in [9.17, 15) is 0 Å². The van der Waals surface area contributed by atoms with Crippen molar-refractivity contribution >= 4 is 0 Å². The molecule has 1 atom stereocenters. The van der Waals surface area contributed by atoms with Crippen molar-refractivity contribution in [3.63, 3.8) is 0 Å². The second kappa shape index (κ2) is 5.17. The molecule has 0 spiro atoms. The van der Waals surface area contributed by atoms with E-state index in [0.29, 0.717) is 12.5 Å². The average molecular weight is 208 g/mol. The van der Waals surface area contributed by atoms with Crippen LogP contribution < -0.4 is 4.74 Å². The van der Waals surface area contributed by atoms with Crippen molar-refractivity contribution in [2.75, 3.05) is 6.61 Å². The summed E-state index contributed by atoms with van der Waals surface area (Å²) in [6.45, 7) is 8.51. The van der Waals surface area contributed by atoms with Gasteiger partial charge in [-0.3, -0.25) is 0 Å². The van der Waals surface area contributed by atoms with Crippen LogP contribution in [0.25, 0.3) is 0 Å². The lowest BCUT2D eigenvalue weighted by molar-refractivity contribution is 0.122. The van der Waals surface area contributed by atoms with Crippen LogP contribution >= 0.6 is 0 Å². The predicted molar refractivity (Wildman–Crippen MR) is 62.4 cm³/mol. The van der Waals surface area contributed by atoms with Gasteiger partial charge >= 0.3 is 0 Å². The fourth-order valence-corrected chi connectivity index (χ4v) is 1.60. The number of rotatable bonds is 4. The Morgan fingerprint density at radius 3 is 2.40 bits per heavy atom. The Hall–Kier alpha value is -1.02. The molecule has 15 heavy (non-hydrogen) atoms. The summed E-state index contributed by atoms with van der Waals surface area (Å²) in [7, 11) is 0. The minimum atomic E-state index is -0.421. The van der Waals surface area contributed by atoms with Crippen molar-refractivity contribution in [3.8, 4) is 5.75 Å². The quantitative estimate of drug-likeness (QED) is 0.824. The van der Waals surface area contributed by atoms with Gasteiger partial charge in [-0.25, -0.2) is 0 Å². The summed E-state index contributed by atoms with van der Waals surface area (Å²) in [6.07, 6.45) is -0.421. The molecule has 1 rings (SSSR count). The van der Waals surface area contributed by atoms with E-state index in [-0.39, 0.29) is 0 Å². The molecule has 0 aliphatic heterocycles. The van der Waals surface area contributed by atoms with E-state index >= 15 is 0 Å². The van der Waals surface area contributed by atoms with Gasteiger partial charge < -0.3 is 9.84 Å². The lowest BCUT2D eigenvalue weighted by atomic mass is 9.98. The van der Waals surface area contributed by atoms with Crippen LogP contribution in [0.2, 0.25) is 0 Å². The van der Waals surface area contributed by atoms with Crippen LogP contribution in [-0.2, 0) is 0 Å². The van der Waals surface area contributed by atoms with E-state index in [1.54, 1.807) is 6.92 Å². The number of hydrogen-bond donors (Lipinski definition) is 1. The molecule has 0 heterocycles. The molecule has 0 radical (unpaired) electrons. The third-order valence-electron chi connectivity index (χ3n) is 2.35. The summed E-state index contributed by atoms with van der Waals surface area (Å²) >= 11 is 0. The monoisotopic (exact) mass is 208 g/mol. The maximum absolute atomic E-state index is 9.10. The first-order valence-electron chi connectivity index (χ1n) is 5.42. The van der Waals surface area contributed by atoms with Gasteiger partial charge in [-0.2, -0.15) is 0 Å². The molecule has 2 heteroatoms. The lowest BCUT2D eigenvalue weighted by Crippen LogP contribution is -2.12. The largest absolute Gasteiger partial charge is 0.491 e. The molecule has 0 fully saturated rings. The maximum Gasteiger partial charge on any atom is 0.119 e. The van der Waals surface area contributed by atoms with E-state index in [0.717, 1.165) is 5.75 Å². The van der Waals surface area contributed by atoms with Gasteiger partial charge in [-0.15, -0.1) is 0 Å². The van der Waals surface area contributed by atoms with E-state index in [2.05, 4.69) is 26.8 Å². The molecular weight excluding hydrogens is 188 g/mol. The number of aliphatic hydroxyl groups excluding tert-OH is 1. The van der Waals surface area contributed by atoms with Gasteiger partial charge in [-0.1, -0.05) is 19.9 Å². The van der Waals surface area contributed by atoms with Crippen LogP contribution in [0.4, 0.5) is 0 Å². The number of aliphatic hydroxyl groups is 1. The molecule has 0 aliphatic carbocycles. The molecule has 0 saturated heterocycles. The van der Waals surface area contributed by atoms with E-state index < -0.39 is 6.10 Å². The Kier molecular flexibility index (Phi) is 4.15. The van der Waals surface area contributed by atoms with E-state index in [4.69, 9.17) is 9.84 Å². The van der Waals surface area contributed by atoms with Gasteiger partial charge in [0.2, 0.25) is 0 Å². The normalized spacial score (nSPS) is 12.9. The number of benzene rings is 1. The molecule has 0 aromatic heterocycles. The summed E-state index contributed by atoms with van der Waals surface area (Å²) in [5, 5.41) is 9.10. The Labute approximate surface area is 91.9 Å². The third-order valence-corrected chi connectivity index (χ3v) is 2.35. The molecule has 0 amide bonds. The molecule has 1 aromatic rings. The highest BCUT2D eigenvalue weighted by Gasteiger charge is 2.05. The van der Waals surface area contributed by atoms with Crippen LogP contribution in [-0.4, -0.2) is 17.8 Å². The molecule has 0 aliphatic rings. The van der Waals surface area contributed by atoms with Crippen molar-refractivity contribution < 1.29 is 9.84 Å². The van der Waals surface area contributed by atoms with Gasteiger partial charge in [0.05, 0.1) is 6.10 Å². The van der Waals surface area contributed by atoms with Crippen molar-refractivity contribution in [2.24, 2.45) is 0 Å². The molecule has 0 bridgehead atoms. The topological polar surface area (TPSA) is 29.5 Å². The molecule has 2 nitrogen and oxygen atoms in total. The van der Waals surface area contributed by atoms with Crippen molar-refractivity contribution in [3.05, 3.63) is 29.3 Å². The Bertz CT molecular complexity index is 316. The fourth-order valence-electron chi connectivity index (χ4n) is 1.60. The van der Waals surface area contributed by atoms with Crippen LogP contribution in [0.1, 0.15) is 37.8 Å².